The van der Waals surface area contributed by atoms with Crippen LogP contribution in [-0.4, -0.2) is 72.3 Å². The number of nitrogens with one attached hydrogen (secondary N) is 5. The molecule has 0 aromatic heterocycles. The van der Waals surface area contributed by atoms with E-state index in [0.29, 0.717) is 31.6 Å². The van der Waals surface area contributed by atoms with E-state index in [1.807, 2.05) is 44.2 Å². The SMILES string of the molecule is CC1=C[C@@H](C(=O)N[C@@H](C)C(=O)N[C@H](C(=O)N[C@@H](CC(C)C)C(=O)N[C@H](CCC(=O)OCc2ccccc2)C[C@@H]2CCNC2=O)C(C)C)[NH2+]O1. The quantitative estimate of drug-likeness (QED) is 0.120. The Bertz CT molecular complexity index is 1350. The second kappa shape index (κ2) is 18.9. The highest BCUT2D eigenvalue weighted by atomic mass is 16.7. The molecule has 1 fully saturated rings. The minimum Gasteiger partial charge on any atom is -0.461 e. The predicted octanol–water partition coefficient (Wildman–Crippen LogP) is 0.478. The lowest BCUT2D eigenvalue weighted by Gasteiger charge is -2.29. The summed E-state index contributed by atoms with van der Waals surface area (Å²) in [4.78, 5) is 83.1. The van der Waals surface area contributed by atoms with Crippen molar-refractivity contribution in [2.75, 3.05) is 6.54 Å². The topological polar surface area (TPSA) is 198 Å². The highest BCUT2D eigenvalue weighted by Crippen LogP contribution is 2.20. The van der Waals surface area contributed by atoms with Gasteiger partial charge in [-0.15, -0.1) is 5.48 Å². The van der Waals surface area contributed by atoms with Gasteiger partial charge in [-0.3, -0.25) is 28.8 Å². The van der Waals surface area contributed by atoms with Gasteiger partial charge in [-0.05, 0) is 50.0 Å². The number of nitrogens with two attached hydrogens (primary N) is 1. The fraction of sp³-hybridized carbons (Fsp3) is 0.600. The van der Waals surface area contributed by atoms with Gasteiger partial charge >= 0.3 is 5.97 Å². The Morgan fingerprint density at radius 2 is 1.67 bits per heavy atom. The third-order valence-electron chi connectivity index (χ3n) is 8.47. The Balaban J connectivity index is 1.64. The maximum absolute atomic E-state index is 13.7. The van der Waals surface area contributed by atoms with Crippen LogP contribution < -0.4 is 32.1 Å². The Hall–Kier alpha value is -4.46. The zero-order chi connectivity index (χ0) is 36.1. The lowest BCUT2D eigenvalue weighted by Crippen LogP contribution is -2.88. The van der Waals surface area contributed by atoms with E-state index in [0.717, 1.165) is 5.56 Å². The van der Waals surface area contributed by atoms with Crippen molar-refractivity contribution in [3.8, 4) is 0 Å². The van der Waals surface area contributed by atoms with Crippen molar-refractivity contribution in [1.82, 2.24) is 26.6 Å². The molecule has 0 bridgehead atoms. The Kier molecular flexibility index (Phi) is 15.0. The fourth-order valence-corrected chi connectivity index (χ4v) is 5.67. The van der Waals surface area contributed by atoms with E-state index in [1.54, 1.807) is 26.8 Å². The standard InChI is InChI=1S/C35H52N6O8/c1-20(2)16-27(39-35(47)30(21(3)4)40-31(43)23(6)37-34(46)28-17-22(5)49-41-28)33(45)38-26(18-25-14-15-36-32(25)44)12-13-29(42)48-19-24-10-8-7-9-11-24/h7-11,17,20-21,23,25-28,30,41H,12-16,18-19H2,1-6H3,(H,36,44)(H,37,46)(H,38,45)(H,39,47)(H,40,43)/p+1/t23-,25-,26+,27-,28-,30-/m0/s1. The van der Waals surface area contributed by atoms with E-state index < -0.39 is 59.8 Å². The number of benzene rings is 1. The maximum atomic E-state index is 13.7. The summed E-state index contributed by atoms with van der Waals surface area (Å²) in [6, 6.07) is 5.28. The van der Waals surface area contributed by atoms with Crippen LogP contribution in [0.1, 0.15) is 79.2 Å². The predicted molar refractivity (Wildman–Crippen MR) is 179 cm³/mol. The first-order valence-electron chi connectivity index (χ1n) is 17.1. The molecule has 2 heterocycles. The van der Waals surface area contributed by atoms with Crippen molar-refractivity contribution in [2.45, 2.75) is 110 Å². The molecule has 0 unspecified atom stereocenters. The second-order valence-corrected chi connectivity index (χ2v) is 13.6. The van der Waals surface area contributed by atoms with Crippen molar-refractivity contribution in [2.24, 2.45) is 17.8 Å². The monoisotopic (exact) mass is 685 g/mol. The van der Waals surface area contributed by atoms with Gasteiger partial charge in [0.15, 0.2) is 5.76 Å². The van der Waals surface area contributed by atoms with E-state index in [2.05, 4.69) is 26.6 Å². The largest absolute Gasteiger partial charge is 0.461 e. The molecular weight excluding hydrogens is 632 g/mol. The van der Waals surface area contributed by atoms with E-state index in [9.17, 15) is 28.8 Å². The molecule has 3 rings (SSSR count). The van der Waals surface area contributed by atoms with Gasteiger partial charge < -0.3 is 36.2 Å². The van der Waals surface area contributed by atoms with Gasteiger partial charge in [0.1, 0.15) is 24.7 Å². The maximum Gasteiger partial charge on any atom is 0.306 e. The summed E-state index contributed by atoms with van der Waals surface area (Å²) in [6.07, 6.45) is 3.18. The molecule has 49 heavy (non-hydrogen) atoms. The number of allylic oxidation sites excluding steroid dienone is 1. The molecule has 0 aliphatic carbocycles. The Morgan fingerprint density at radius 1 is 0.959 bits per heavy atom. The summed E-state index contributed by atoms with van der Waals surface area (Å²) in [5.41, 5.74) is 2.24. The van der Waals surface area contributed by atoms with Crippen LogP contribution in [0.15, 0.2) is 42.2 Å². The summed E-state index contributed by atoms with van der Waals surface area (Å²) < 4.78 is 5.42. The lowest BCUT2D eigenvalue weighted by atomic mass is 9.94. The summed E-state index contributed by atoms with van der Waals surface area (Å²) in [5, 5.41) is 14.0. The van der Waals surface area contributed by atoms with Crippen LogP contribution in [0.25, 0.3) is 0 Å². The zero-order valence-electron chi connectivity index (χ0n) is 29.4. The van der Waals surface area contributed by atoms with Gasteiger partial charge in [0, 0.05) is 37.9 Å². The van der Waals surface area contributed by atoms with E-state index in [4.69, 9.17) is 9.57 Å². The van der Waals surface area contributed by atoms with Gasteiger partial charge in [0.25, 0.3) is 5.91 Å². The highest BCUT2D eigenvalue weighted by molar-refractivity contribution is 5.95. The number of hydroxylamine groups is 1. The first kappa shape index (κ1) is 39.0. The summed E-state index contributed by atoms with van der Waals surface area (Å²) in [5.74, 6) is -2.52. The molecule has 1 aromatic rings. The number of quaternary nitrogens is 1. The smallest absolute Gasteiger partial charge is 0.306 e. The molecule has 5 amide bonds. The summed E-state index contributed by atoms with van der Waals surface area (Å²) in [6.45, 7) is 11.3. The van der Waals surface area contributed by atoms with Crippen LogP contribution in [0.5, 0.6) is 0 Å². The number of carbonyl (C=O) groups excluding carboxylic acids is 6. The molecule has 270 valence electrons. The number of hydrogen-bond acceptors (Lipinski definition) is 8. The van der Waals surface area contributed by atoms with Crippen LogP contribution >= 0.6 is 0 Å². The third kappa shape index (κ3) is 12.8. The molecule has 0 spiro atoms. The highest BCUT2D eigenvalue weighted by Gasteiger charge is 2.34. The van der Waals surface area contributed by atoms with Gasteiger partial charge in [-0.25, -0.2) is 0 Å². The van der Waals surface area contributed by atoms with Crippen molar-refractivity contribution < 1.29 is 43.8 Å². The average molecular weight is 686 g/mol. The Labute approximate surface area is 288 Å². The van der Waals surface area contributed by atoms with E-state index >= 15 is 0 Å². The number of esters is 1. The first-order chi connectivity index (χ1) is 23.2. The molecule has 0 saturated carbocycles. The first-order valence-corrected chi connectivity index (χ1v) is 17.1. The molecule has 14 nitrogen and oxygen atoms in total. The molecular formula is C35H53N6O8+. The number of ether oxygens (including phenoxy) is 1. The molecule has 1 saturated heterocycles. The van der Waals surface area contributed by atoms with Crippen LogP contribution in [0.3, 0.4) is 0 Å². The minimum absolute atomic E-state index is 0.0273. The van der Waals surface area contributed by atoms with Crippen LogP contribution in [0.2, 0.25) is 0 Å². The van der Waals surface area contributed by atoms with Gasteiger partial charge in [-0.2, -0.15) is 0 Å². The molecule has 0 radical (unpaired) electrons. The van der Waals surface area contributed by atoms with Crippen LogP contribution in [-0.2, 0) is 44.9 Å². The average Bonchev–Trinajstić information content (AvgIpc) is 3.68. The summed E-state index contributed by atoms with van der Waals surface area (Å²) >= 11 is 0. The van der Waals surface area contributed by atoms with Crippen LogP contribution in [0.4, 0.5) is 0 Å². The van der Waals surface area contributed by atoms with E-state index in [1.165, 1.54) is 12.4 Å². The third-order valence-corrected chi connectivity index (χ3v) is 8.47. The van der Waals surface area contributed by atoms with Gasteiger partial charge in [0.05, 0.1) is 0 Å². The van der Waals surface area contributed by atoms with Gasteiger partial charge in [-0.1, -0.05) is 58.0 Å². The van der Waals surface area contributed by atoms with Crippen molar-refractivity contribution in [3.63, 3.8) is 0 Å². The second-order valence-electron chi connectivity index (χ2n) is 13.6. The molecule has 14 heteroatoms. The Morgan fingerprint density at radius 3 is 2.27 bits per heavy atom. The number of amides is 5. The number of rotatable bonds is 18. The lowest BCUT2D eigenvalue weighted by molar-refractivity contribution is -0.882. The van der Waals surface area contributed by atoms with E-state index in [-0.39, 0.29) is 43.1 Å². The summed E-state index contributed by atoms with van der Waals surface area (Å²) in [7, 11) is 0. The van der Waals surface area contributed by atoms with Crippen molar-refractivity contribution in [3.05, 3.63) is 47.7 Å². The molecule has 2 aliphatic heterocycles. The zero-order valence-corrected chi connectivity index (χ0v) is 29.4. The minimum atomic E-state index is -0.991. The van der Waals surface area contributed by atoms with Crippen molar-refractivity contribution >= 4 is 35.5 Å². The normalized spacial score (nSPS) is 19.5. The fourth-order valence-electron chi connectivity index (χ4n) is 5.67. The van der Waals surface area contributed by atoms with Crippen LogP contribution in [0, 0.1) is 17.8 Å². The van der Waals surface area contributed by atoms with Gasteiger partial charge in [0.2, 0.25) is 29.7 Å². The van der Waals surface area contributed by atoms with Crippen molar-refractivity contribution in [1.29, 1.82) is 0 Å². The molecule has 1 aromatic carbocycles. The number of hydrogen-bond donors (Lipinski definition) is 6. The number of carbonyl (C=O) groups is 6. The molecule has 7 N–H and O–H groups in total. The molecule has 6 atom stereocenters. The molecule has 2 aliphatic rings.